The molecule has 1 aliphatic rings. The zero-order chi connectivity index (χ0) is 15.5. The van der Waals surface area contributed by atoms with Crippen LogP contribution in [0.1, 0.15) is 28.8 Å². The Hall–Kier alpha value is -1.88. The van der Waals surface area contributed by atoms with Crippen molar-refractivity contribution in [2.24, 2.45) is 0 Å². The number of nitrogens with zero attached hydrogens (tertiary/aromatic N) is 2. The molecule has 0 spiro atoms. The van der Waals surface area contributed by atoms with Gasteiger partial charge in [0.15, 0.2) is 0 Å². The third-order valence-electron chi connectivity index (χ3n) is 3.78. The Kier molecular flexibility index (Phi) is 4.43. The summed E-state index contributed by atoms with van der Waals surface area (Å²) in [4.78, 5) is 18.5. The monoisotopic (exact) mass is 359 g/mol. The van der Waals surface area contributed by atoms with Gasteiger partial charge in [0, 0.05) is 23.8 Å². The van der Waals surface area contributed by atoms with Gasteiger partial charge in [-0.2, -0.15) is 0 Å². The molecule has 2 aromatic rings. The average molecular weight is 360 g/mol. The van der Waals surface area contributed by atoms with Crippen molar-refractivity contribution in [1.82, 2.24) is 9.88 Å². The van der Waals surface area contributed by atoms with E-state index in [-0.39, 0.29) is 5.91 Å². The number of halogens is 1. The van der Waals surface area contributed by atoms with Crippen molar-refractivity contribution in [1.29, 1.82) is 0 Å². The van der Waals surface area contributed by atoms with Crippen LogP contribution in [0.5, 0.6) is 0 Å². The molecule has 1 N–H and O–H groups in total. The quantitative estimate of drug-likeness (QED) is 0.895. The first-order valence-electron chi connectivity index (χ1n) is 7.41. The number of pyridine rings is 1. The normalized spacial score (nSPS) is 14.2. The number of likely N-dealkylation sites (tertiary alicyclic amines) is 1. The highest BCUT2D eigenvalue weighted by Gasteiger charge is 2.19. The van der Waals surface area contributed by atoms with Crippen LogP contribution in [0.25, 0.3) is 0 Å². The molecule has 5 heteroatoms. The summed E-state index contributed by atoms with van der Waals surface area (Å²) in [6.45, 7) is 3.74. The molecule has 0 atom stereocenters. The Bertz CT molecular complexity index is 696. The molecule has 0 aliphatic carbocycles. The predicted molar refractivity (Wildman–Crippen MR) is 91.5 cm³/mol. The fraction of sp³-hybridized carbons (Fsp3) is 0.294. The van der Waals surface area contributed by atoms with Gasteiger partial charge in [-0.05, 0) is 59.5 Å². The van der Waals surface area contributed by atoms with E-state index in [4.69, 9.17) is 0 Å². The van der Waals surface area contributed by atoms with Crippen molar-refractivity contribution in [3.05, 3.63) is 52.3 Å². The van der Waals surface area contributed by atoms with Crippen molar-refractivity contribution in [2.45, 2.75) is 19.8 Å². The number of carbonyl (C=O) groups is 1. The molecule has 0 unspecified atom stereocenters. The fourth-order valence-electron chi connectivity index (χ4n) is 2.61. The highest BCUT2D eigenvalue weighted by molar-refractivity contribution is 9.10. The van der Waals surface area contributed by atoms with Gasteiger partial charge in [0.25, 0.3) is 5.91 Å². The summed E-state index contributed by atoms with van der Waals surface area (Å²) in [6.07, 6.45) is 5.55. The lowest BCUT2D eigenvalue weighted by Gasteiger charge is -2.16. The number of nitrogens with one attached hydrogen (secondary N) is 1. The van der Waals surface area contributed by atoms with Gasteiger partial charge in [0.1, 0.15) is 0 Å². The molecule has 1 fully saturated rings. The summed E-state index contributed by atoms with van der Waals surface area (Å²) in [6, 6.07) is 7.96. The molecule has 1 aliphatic heterocycles. The minimum atomic E-state index is 0.0663. The summed E-state index contributed by atoms with van der Waals surface area (Å²) in [7, 11) is 0. The van der Waals surface area contributed by atoms with E-state index in [2.05, 4.69) is 32.3 Å². The van der Waals surface area contributed by atoms with E-state index >= 15 is 0 Å². The second kappa shape index (κ2) is 6.48. The molecule has 0 saturated carbocycles. The first-order valence-corrected chi connectivity index (χ1v) is 8.20. The number of anilines is 2. The number of benzene rings is 1. The molecule has 0 bridgehead atoms. The zero-order valence-electron chi connectivity index (χ0n) is 12.5. The van der Waals surface area contributed by atoms with Gasteiger partial charge >= 0.3 is 0 Å². The van der Waals surface area contributed by atoms with Gasteiger partial charge in [0.05, 0.1) is 23.1 Å². The van der Waals surface area contributed by atoms with Gasteiger partial charge in [-0.1, -0.05) is 6.07 Å². The number of hydrogen-bond donors (Lipinski definition) is 1. The van der Waals surface area contributed by atoms with E-state index < -0.39 is 0 Å². The second-order valence-electron chi connectivity index (χ2n) is 5.57. The lowest BCUT2D eigenvalue weighted by atomic mass is 10.2. The molecule has 4 nitrogen and oxygen atoms in total. The van der Waals surface area contributed by atoms with E-state index in [1.807, 2.05) is 30.0 Å². The number of carbonyl (C=O) groups excluding carboxylic acids is 1. The van der Waals surface area contributed by atoms with Crippen molar-refractivity contribution in [3.8, 4) is 0 Å². The van der Waals surface area contributed by atoms with Crippen LogP contribution in [0.15, 0.2) is 41.1 Å². The van der Waals surface area contributed by atoms with Crippen LogP contribution in [0.2, 0.25) is 0 Å². The molecule has 1 aromatic heterocycles. The van der Waals surface area contributed by atoms with Gasteiger partial charge in [-0.3, -0.25) is 9.78 Å². The Morgan fingerprint density at radius 1 is 1.23 bits per heavy atom. The maximum Gasteiger partial charge on any atom is 0.255 e. The van der Waals surface area contributed by atoms with Crippen LogP contribution in [-0.2, 0) is 0 Å². The molecule has 114 valence electrons. The largest absolute Gasteiger partial charge is 0.353 e. The lowest BCUT2D eigenvalue weighted by molar-refractivity contribution is 0.0792. The third kappa shape index (κ3) is 3.30. The molecule has 0 radical (unpaired) electrons. The van der Waals surface area contributed by atoms with Gasteiger partial charge in [-0.15, -0.1) is 0 Å². The Morgan fingerprint density at radius 2 is 2.00 bits per heavy atom. The number of hydrogen-bond acceptors (Lipinski definition) is 3. The van der Waals surface area contributed by atoms with Crippen LogP contribution in [-0.4, -0.2) is 28.9 Å². The molecule has 2 heterocycles. The van der Waals surface area contributed by atoms with Crippen molar-refractivity contribution in [3.63, 3.8) is 0 Å². The standard InChI is InChI=1S/C17H18BrN3O/c1-12-4-5-16(15(18)8-12)20-14-9-13(10-19-11-14)17(22)21-6-2-3-7-21/h4-5,8-11,20H,2-3,6-7H2,1H3. The Labute approximate surface area is 138 Å². The summed E-state index contributed by atoms with van der Waals surface area (Å²) >= 11 is 3.55. The van der Waals surface area contributed by atoms with Crippen molar-refractivity contribution < 1.29 is 4.79 Å². The van der Waals surface area contributed by atoms with Crippen molar-refractivity contribution in [2.75, 3.05) is 18.4 Å². The van der Waals surface area contributed by atoms with E-state index in [0.717, 1.165) is 41.8 Å². The number of rotatable bonds is 3. The highest BCUT2D eigenvalue weighted by atomic mass is 79.9. The predicted octanol–water partition coefficient (Wildman–Crippen LogP) is 4.13. The summed E-state index contributed by atoms with van der Waals surface area (Å²) in [5.41, 5.74) is 3.59. The number of aryl methyl sites for hydroxylation is 1. The highest BCUT2D eigenvalue weighted by Crippen LogP contribution is 2.27. The van der Waals surface area contributed by atoms with Crippen LogP contribution in [0.4, 0.5) is 11.4 Å². The maximum atomic E-state index is 12.4. The van der Waals surface area contributed by atoms with Crippen LogP contribution >= 0.6 is 15.9 Å². The van der Waals surface area contributed by atoms with E-state index in [1.54, 1.807) is 12.4 Å². The first-order chi connectivity index (χ1) is 10.6. The topological polar surface area (TPSA) is 45.2 Å². The van der Waals surface area contributed by atoms with Crippen LogP contribution in [0.3, 0.4) is 0 Å². The summed E-state index contributed by atoms with van der Waals surface area (Å²) in [5.74, 6) is 0.0663. The molecular formula is C17H18BrN3O. The third-order valence-corrected chi connectivity index (χ3v) is 4.44. The molecule has 22 heavy (non-hydrogen) atoms. The van der Waals surface area contributed by atoms with Gasteiger partial charge < -0.3 is 10.2 Å². The zero-order valence-corrected chi connectivity index (χ0v) is 14.1. The SMILES string of the molecule is Cc1ccc(Nc2cncc(C(=O)N3CCCC3)c2)c(Br)c1. The number of aromatic nitrogens is 1. The smallest absolute Gasteiger partial charge is 0.255 e. The molecule has 1 amide bonds. The van der Waals surface area contributed by atoms with E-state index in [0.29, 0.717) is 5.56 Å². The Balaban J connectivity index is 1.80. The minimum Gasteiger partial charge on any atom is -0.353 e. The lowest BCUT2D eigenvalue weighted by Crippen LogP contribution is -2.27. The fourth-order valence-corrected chi connectivity index (χ4v) is 3.20. The van der Waals surface area contributed by atoms with Gasteiger partial charge in [-0.25, -0.2) is 0 Å². The van der Waals surface area contributed by atoms with E-state index in [9.17, 15) is 4.79 Å². The Morgan fingerprint density at radius 3 is 2.73 bits per heavy atom. The summed E-state index contributed by atoms with van der Waals surface area (Å²) < 4.78 is 0.990. The number of amides is 1. The molecule has 3 rings (SSSR count). The molecule has 1 aromatic carbocycles. The minimum absolute atomic E-state index is 0.0663. The average Bonchev–Trinajstić information content (AvgIpc) is 3.04. The van der Waals surface area contributed by atoms with Crippen LogP contribution < -0.4 is 5.32 Å². The van der Waals surface area contributed by atoms with Crippen molar-refractivity contribution >= 4 is 33.2 Å². The second-order valence-corrected chi connectivity index (χ2v) is 6.42. The van der Waals surface area contributed by atoms with Crippen LogP contribution in [0, 0.1) is 6.92 Å². The molecule has 1 saturated heterocycles. The van der Waals surface area contributed by atoms with E-state index in [1.165, 1.54) is 5.56 Å². The first kappa shape index (κ1) is 15.0. The molecular weight excluding hydrogens is 342 g/mol. The maximum absolute atomic E-state index is 12.4. The summed E-state index contributed by atoms with van der Waals surface area (Å²) in [5, 5.41) is 3.31. The van der Waals surface area contributed by atoms with Gasteiger partial charge in [0.2, 0.25) is 0 Å².